The van der Waals surface area contributed by atoms with Crippen molar-refractivity contribution in [2.75, 3.05) is 18.5 Å². The molecular weight excluding hydrogens is 372 g/mol. The molecule has 7 nitrogen and oxygen atoms in total. The molecule has 0 bridgehead atoms. The Morgan fingerprint density at radius 2 is 1.86 bits per heavy atom. The maximum atomic E-state index is 12.3. The van der Waals surface area contributed by atoms with Crippen LogP contribution < -0.4 is 15.4 Å². The number of hydrogen-bond acceptors (Lipinski definition) is 5. The first-order valence-electron chi connectivity index (χ1n) is 9.56. The number of esters is 1. The van der Waals surface area contributed by atoms with Crippen LogP contribution in [0.5, 0.6) is 5.75 Å². The molecule has 0 aliphatic heterocycles. The molecule has 1 aliphatic rings. The number of para-hydroxylation sites is 1. The number of benzene rings is 2. The second-order valence-electron chi connectivity index (χ2n) is 6.92. The van der Waals surface area contributed by atoms with Crippen molar-refractivity contribution in [2.45, 2.75) is 32.2 Å². The molecule has 2 N–H and O–H groups in total. The average molecular weight is 396 g/mol. The molecule has 29 heavy (non-hydrogen) atoms. The molecular formula is C22H24N2O5. The third kappa shape index (κ3) is 6.64. The zero-order chi connectivity index (χ0) is 20.6. The van der Waals surface area contributed by atoms with Gasteiger partial charge in [-0.15, -0.1) is 0 Å². The molecule has 7 heteroatoms. The molecule has 152 valence electrons. The minimum Gasteiger partial charge on any atom is -0.493 e. The van der Waals surface area contributed by atoms with E-state index in [0.717, 1.165) is 18.4 Å². The van der Waals surface area contributed by atoms with Crippen LogP contribution in [0.3, 0.4) is 0 Å². The Morgan fingerprint density at radius 3 is 2.62 bits per heavy atom. The maximum absolute atomic E-state index is 12.3. The number of rotatable bonds is 9. The van der Waals surface area contributed by atoms with E-state index in [4.69, 9.17) is 9.47 Å². The van der Waals surface area contributed by atoms with E-state index < -0.39 is 18.5 Å². The van der Waals surface area contributed by atoms with Crippen LogP contribution in [-0.4, -0.2) is 37.0 Å². The number of hydrogen-bond donors (Lipinski definition) is 2. The van der Waals surface area contributed by atoms with Gasteiger partial charge in [0.25, 0.3) is 11.8 Å². The second-order valence-corrected chi connectivity index (χ2v) is 6.92. The van der Waals surface area contributed by atoms with Gasteiger partial charge in [0, 0.05) is 6.04 Å². The van der Waals surface area contributed by atoms with Crippen molar-refractivity contribution in [2.24, 2.45) is 0 Å². The monoisotopic (exact) mass is 396 g/mol. The highest BCUT2D eigenvalue weighted by atomic mass is 16.5. The summed E-state index contributed by atoms with van der Waals surface area (Å²) in [6.45, 7) is 1.68. The Kier molecular flexibility index (Phi) is 6.84. The van der Waals surface area contributed by atoms with E-state index in [2.05, 4.69) is 10.6 Å². The lowest BCUT2D eigenvalue weighted by Crippen LogP contribution is -2.28. The number of ether oxygens (including phenoxy) is 2. The van der Waals surface area contributed by atoms with E-state index in [1.807, 2.05) is 31.2 Å². The zero-order valence-electron chi connectivity index (χ0n) is 16.3. The van der Waals surface area contributed by atoms with Crippen LogP contribution in [0.2, 0.25) is 0 Å². The van der Waals surface area contributed by atoms with Gasteiger partial charge in [-0.25, -0.2) is 0 Å². The van der Waals surface area contributed by atoms with Gasteiger partial charge in [0.15, 0.2) is 6.61 Å². The molecule has 2 amide bonds. The molecule has 1 aliphatic carbocycles. The summed E-state index contributed by atoms with van der Waals surface area (Å²) in [5, 5.41) is 5.50. The maximum Gasteiger partial charge on any atom is 0.309 e. The minimum atomic E-state index is -0.535. The van der Waals surface area contributed by atoms with Crippen LogP contribution in [0, 0.1) is 6.92 Å². The molecule has 0 radical (unpaired) electrons. The molecule has 2 aromatic carbocycles. The summed E-state index contributed by atoms with van der Waals surface area (Å²) in [4.78, 5) is 36.2. The highest BCUT2D eigenvalue weighted by Crippen LogP contribution is 2.21. The Morgan fingerprint density at radius 1 is 1.07 bits per heavy atom. The number of amides is 2. The van der Waals surface area contributed by atoms with Crippen LogP contribution in [0.4, 0.5) is 5.69 Å². The third-order valence-corrected chi connectivity index (χ3v) is 4.29. The van der Waals surface area contributed by atoms with Crippen molar-refractivity contribution in [3.8, 4) is 5.75 Å². The normalized spacial score (nSPS) is 12.7. The lowest BCUT2D eigenvalue weighted by Gasteiger charge is -2.11. The van der Waals surface area contributed by atoms with Crippen molar-refractivity contribution in [3.05, 3.63) is 59.7 Å². The molecule has 1 saturated carbocycles. The predicted octanol–water partition coefficient (Wildman–Crippen LogP) is 2.84. The number of carbonyl (C=O) groups excluding carboxylic acids is 3. The molecule has 0 heterocycles. The molecule has 2 aromatic rings. The van der Waals surface area contributed by atoms with E-state index in [1.54, 1.807) is 24.3 Å². The summed E-state index contributed by atoms with van der Waals surface area (Å²) in [5.74, 6) is -0.595. The molecule has 3 rings (SSSR count). The molecule has 1 fully saturated rings. The quantitative estimate of drug-likeness (QED) is 0.636. The summed E-state index contributed by atoms with van der Waals surface area (Å²) < 4.78 is 10.5. The summed E-state index contributed by atoms with van der Waals surface area (Å²) in [6.07, 6.45) is 1.98. The Bertz CT molecular complexity index is 892. The molecule has 0 atom stereocenters. The van der Waals surface area contributed by atoms with Gasteiger partial charge in [0.1, 0.15) is 5.75 Å². The second kappa shape index (κ2) is 9.73. The topological polar surface area (TPSA) is 93.7 Å². The van der Waals surface area contributed by atoms with Crippen molar-refractivity contribution < 1.29 is 23.9 Å². The Hall–Kier alpha value is -3.35. The van der Waals surface area contributed by atoms with Crippen LogP contribution in [0.25, 0.3) is 0 Å². The van der Waals surface area contributed by atoms with E-state index in [1.165, 1.54) is 0 Å². The molecule has 0 unspecified atom stereocenters. The summed E-state index contributed by atoms with van der Waals surface area (Å²) in [7, 11) is 0. The van der Waals surface area contributed by atoms with Crippen molar-refractivity contribution in [1.82, 2.24) is 5.32 Å². The largest absolute Gasteiger partial charge is 0.493 e. The number of nitrogens with one attached hydrogen (secondary N) is 2. The molecule has 0 saturated heterocycles. The first kappa shape index (κ1) is 20.4. The number of aryl methyl sites for hydroxylation is 1. The van der Waals surface area contributed by atoms with Crippen LogP contribution >= 0.6 is 0 Å². The van der Waals surface area contributed by atoms with Crippen molar-refractivity contribution in [3.63, 3.8) is 0 Å². The highest BCUT2D eigenvalue weighted by molar-refractivity contribution is 6.04. The summed E-state index contributed by atoms with van der Waals surface area (Å²) in [5.41, 5.74) is 1.83. The third-order valence-electron chi connectivity index (χ3n) is 4.29. The fourth-order valence-electron chi connectivity index (χ4n) is 2.64. The lowest BCUT2D eigenvalue weighted by molar-refractivity contribution is -0.147. The van der Waals surface area contributed by atoms with Gasteiger partial charge in [-0.05, 0) is 49.6 Å². The van der Waals surface area contributed by atoms with E-state index in [0.29, 0.717) is 17.0 Å². The van der Waals surface area contributed by atoms with Crippen LogP contribution in [-0.2, 0) is 14.3 Å². The zero-order valence-corrected chi connectivity index (χ0v) is 16.3. The van der Waals surface area contributed by atoms with Crippen molar-refractivity contribution in [1.29, 1.82) is 0 Å². The number of anilines is 1. The summed E-state index contributed by atoms with van der Waals surface area (Å²) >= 11 is 0. The van der Waals surface area contributed by atoms with E-state index in [-0.39, 0.29) is 25.0 Å². The van der Waals surface area contributed by atoms with Crippen LogP contribution in [0.15, 0.2) is 48.5 Å². The lowest BCUT2D eigenvalue weighted by atomic mass is 10.1. The molecule has 0 aromatic heterocycles. The Labute approximate surface area is 169 Å². The standard InChI is InChI=1S/C22H24N2O5/c1-15-5-4-6-17(13-15)28-12-11-21(26)29-14-20(25)24-19-8-3-2-7-18(19)22(27)23-16-9-10-16/h2-8,13,16H,9-12,14H2,1H3,(H,23,27)(H,24,25). The minimum absolute atomic E-state index is 0.0294. The van der Waals surface area contributed by atoms with Crippen LogP contribution in [0.1, 0.15) is 35.2 Å². The first-order chi connectivity index (χ1) is 14.0. The van der Waals surface area contributed by atoms with Gasteiger partial charge in [-0.2, -0.15) is 0 Å². The van der Waals surface area contributed by atoms with Gasteiger partial charge in [0.05, 0.1) is 24.3 Å². The van der Waals surface area contributed by atoms with E-state index in [9.17, 15) is 14.4 Å². The highest BCUT2D eigenvalue weighted by Gasteiger charge is 2.25. The fraction of sp³-hybridized carbons (Fsp3) is 0.318. The summed E-state index contributed by atoms with van der Waals surface area (Å²) in [6, 6.07) is 14.4. The van der Waals surface area contributed by atoms with Gasteiger partial charge < -0.3 is 20.1 Å². The van der Waals surface area contributed by atoms with Gasteiger partial charge in [-0.3, -0.25) is 14.4 Å². The number of carbonyl (C=O) groups is 3. The van der Waals surface area contributed by atoms with Gasteiger partial charge in [-0.1, -0.05) is 24.3 Å². The van der Waals surface area contributed by atoms with Gasteiger partial charge in [0.2, 0.25) is 0 Å². The smallest absolute Gasteiger partial charge is 0.309 e. The fourth-order valence-corrected chi connectivity index (χ4v) is 2.64. The average Bonchev–Trinajstić information content (AvgIpc) is 3.51. The van der Waals surface area contributed by atoms with E-state index >= 15 is 0 Å². The SMILES string of the molecule is Cc1cccc(OCCC(=O)OCC(=O)Nc2ccccc2C(=O)NC2CC2)c1. The predicted molar refractivity (Wildman–Crippen MR) is 108 cm³/mol. The Balaban J connectivity index is 1.41. The molecule has 0 spiro atoms. The van der Waals surface area contributed by atoms with Crippen molar-refractivity contribution >= 4 is 23.5 Å². The van der Waals surface area contributed by atoms with Gasteiger partial charge >= 0.3 is 5.97 Å². The first-order valence-corrected chi connectivity index (χ1v) is 9.56.